The van der Waals surface area contributed by atoms with Crippen LogP contribution in [0.15, 0.2) is 53.2 Å². The molecule has 3 rings (SSSR count). The maximum Gasteiger partial charge on any atom is 0.277 e. The molecule has 0 radical (unpaired) electrons. The number of aryl methyl sites for hydroxylation is 1. The molecule has 0 saturated carbocycles. The summed E-state index contributed by atoms with van der Waals surface area (Å²) in [5.74, 6) is 0.398. The number of hydrogen-bond acceptors (Lipinski definition) is 7. The number of nitrogen functional groups attached to an aromatic ring is 1. The van der Waals surface area contributed by atoms with Crippen LogP contribution in [0.25, 0.3) is 0 Å². The summed E-state index contributed by atoms with van der Waals surface area (Å²) in [5, 5.41) is 12.8. The third kappa shape index (κ3) is 5.31. The number of carbonyl (C=O) groups is 1. The van der Waals surface area contributed by atoms with Crippen molar-refractivity contribution in [1.29, 1.82) is 0 Å². The number of carbonyl (C=O) groups excluding carboxylic acids is 1. The molecule has 4 N–H and O–H groups in total. The summed E-state index contributed by atoms with van der Waals surface area (Å²) in [5.41, 5.74) is 8.87. The smallest absolute Gasteiger partial charge is 0.277 e. The molecule has 0 bridgehead atoms. The normalized spacial score (nSPS) is 10.6. The molecule has 1 amide bonds. The summed E-state index contributed by atoms with van der Waals surface area (Å²) in [4.78, 5) is 11.9. The Morgan fingerprint density at radius 3 is 2.79 bits per heavy atom. The van der Waals surface area contributed by atoms with E-state index in [0.717, 1.165) is 16.9 Å². The molecule has 8 heteroatoms. The summed E-state index contributed by atoms with van der Waals surface area (Å²) in [7, 11) is 0. The Labute approximate surface area is 163 Å². The third-order valence-electron chi connectivity index (χ3n) is 4.08. The first kappa shape index (κ1) is 19.4. The third-order valence-corrected chi connectivity index (χ3v) is 4.08. The van der Waals surface area contributed by atoms with Gasteiger partial charge in [-0.25, -0.2) is 4.63 Å². The topological polar surface area (TPSA) is 115 Å². The molecule has 0 saturated heterocycles. The number of para-hydroxylation sites is 1. The zero-order valence-corrected chi connectivity index (χ0v) is 15.6. The minimum Gasteiger partial charge on any atom is -0.489 e. The van der Waals surface area contributed by atoms with E-state index in [0.29, 0.717) is 26.2 Å². The second-order valence-corrected chi connectivity index (χ2v) is 6.32. The monoisotopic (exact) mass is 381 g/mol. The van der Waals surface area contributed by atoms with Crippen molar-refractivity contribution in [2.24, 2.45) is 0 Å². The van der Waals surface area contributed by atoms with Crippen molar-refractivity contribution < 1.29 is 14.2 Å². The molecule has 0 aliphatic heterocycles. The van der Waals surface area contributed by atoms with Gasteiger partial charge < -0.3 is 21.1 Å². The summed E-state index contributed by atoms with van der Waals surface area (Å²) in [6, 6.07) is 16.1. The van der Waals surface area contributed by atoms with Gasteiger partial charge in [0.15, 0.2) is 0 Å². The van der Waals surface area contributed by atoms with E-state index in [1.54, 1.807) is 0 Å². The van der Waals surface area contributed by atoms with Crippen molar-refractivity contribution in [3.05, 3.63) is 70.9 Å². The van der Waals surface area contributed by atoms with Crippen LogP contribution in [0.4, 0.5) is 5.82 Å². The highest BCUT2D eigenvalue weighted by molar-refractivity contribution is 5.95. The standard InChI is InChI=1S/C20H23N5O3/c1-14-5-4-6-15(11-14)13-27-17-8-3-2-7-16(17)12-22-9-10-23-20(26)18-19(21)25-28-24-18/h2-8,11,22H,9-10,12-13H2,1H3,(H2,21,25)(H,23,26). The minimum absolute atomic E-state index is 0.00473. The van der Waals surface area contributed by atoms with Crippen molar-refractivity contribution in [3.63, 3.8) is 0 Å². The fourth-order valence-corrected chi connectivity index (χ4v) is 2.68. The first-order valence-corrected chi connectivity index (χ1v) is 8.96. The quantitative estimate of drug-likeness (QED) is 0.486. The van der Waals surface area contributed by atoms with Crippen LogP contribution < -0.4 is 21.1 Å². The van der Waals surface area contributed by atoms with Gasteiger partial charge in [0, 0.05) is 25.2 Å². The van der Waals surface area contributed by atoms with Gasteiger partial charge in [-0.3, -0.25) is 4.79 Å². The first-order chi connectivity index (χ1) is 13.6. The summed E-state index contributed by atoms with van der Waals surface area (Å²) in [6.07, 6.45) is 0. The van der Waals surface area contributed by atoms with Crippen LogP contribution in [0, 0.1) is 6.92 Å². The van der Waals surface area contributed by atoms with Crippen molar-refractivity contribution in [2.45, 2.75) is 20.1 Å². The average molecular weight is 381 g/mol. The van der Waals surface area contributed by atoms with E-state index in [-0.39, 0.29) is 11.5 Å². The Morgan fingerprint density at radius 1 is 1.14 bits per heavy atom. The van der Waals surface area contributed by atoms with E-state index in [2.05, 4.69) is 44.6 Å². The lowest BCUT2D eigenvalue weighted by atomic mass is 10.1. The lowest BCUT2D eigenvalue weighted by molar-refractivity contribution is 0.0944. The van der Waals surface area contributed by atoms with E-state index < -0.39 is 5.91 Å². The predicted octanol–water partition coefficient (Wildman–Crippen LogP) is 2.06. The number of nitrogens with two attached hydrogens (primary N) is 1. The lowest BCUT2D eigenvalue weighted by Gasteiger charge is -2.13. The van der Waals surface area contributed by atoms with E-state index in [1.807, 2.05) is 36.4 Å². The lowest BCUT2D eigenvalue weighted by Crippen LogP contribution is -2.32. The minimum atomic E-state index is -0.414. The maximum absolute atomic E-state index is 11.9. The van der Waals surface area contributed by atoms with Crippen LogP contribution in [-0.4, -0.2) is 29.3 Å². The molecule has 3 aromatic rings. The Hall–Kier alpha value is -3.39. The molecule has 1 aromatic heterocycles. The average Bonchev–Trinajstić information content (AvgIpc) is 3.13. The molecule has 0 spiro atoms. The van der Waals surface area contributed by atoms with Crippen molar-refractivity contribution in [2.75, 3.05) is 18.8 Å². The second kappa shape index (κ2) is 9.52. The molecule has 0 aliphatic rings. The predicted molar refractivity (Wildman–Crippen MR) is 105 cm³/mol. The number of rotatable bonds is 9. The Kier molecular flexibility index (Phi) is 6.59. The van der Waals surface area contributed by atoms with Gasteiger partial charge in [-0.15, -0.1) is 0 Å². The summed E-state index contributed by atoms with van der Waals surface area (Å²) in [6.45, 7) is 4.18. The SMILES string of the molecule is Cc1cccc(COc2ccccc2CNCCNC(=O)c2nonc2N)c1. The highest BCUT2D eigenvalue weighted by atomic mass is 16.6. The zero-order valence-electron chi connectivity index (χ0n) is 15.6. The van der Waals surface area contributed by atoms with Crippen LogP contribution in [0.2, 0.25) is 0 Å². The number of aromatic nitrogens is 2. The highest BCUT2D eigenvalue weighted by Gasteiger charge is 2.14. The van der Waals surface area contributed by atoms with Gasteiger partial charge in [-0.2, -0.15) is 0 Å². The largest absolute Gasteiger partial charge is 0.489 e. The molecule has 8 nitrogen and oxygen atoms in total. The van der Waals surface area contributed by atoms with Gasteiger partial charge in [0.05, 0.1) is 0 Å². The molecule has 0 fully saturated rings. The van der Waals surface area contributed by atoms with E-state index in [1.165, 1.54) is 5.56 Å². The number of nitrogens with one attached hydrogen (secondary N) is 2. The fourth-order valence-electron chi connectivity index (χ4n) is 2.68. The fraction of sp³-hybridized carbons (Fsp3) is 0.250. The van der Waals surface area contributed by atoms with Gasteiger partial charge in [0.25, 0.3) is 5.91 Å². The number of ether oxygens (including phenoxy) is 1. The summed E-state index contributed by atoms with van der Waals surface area (Å²) < 4.78 is 10.4. The van der Waals surface area contributed by atoms with Crippen molar-refractivity contribution in [3.8, 4) is 5.75 Å². The maximum atomic E-state index is 11.9. The van der Waals surface area contributed by atoms with Gasteiger partial charge in [0.1, 0.15) is 12.4 Å². The van der Waals surface area contributed by atoms with Crippen molar-refractivity contribution in [1.82, 2.24) is 20.9 Å². The highest BCUT2D eigenvalue weighted by Crippen LogP contribution is 2.19. The summed E-state index contributed by atoms with van der Waals surface area (Å²) >= 11 is 0. The molecule has 1 heterocycles. The molecule has 0 unspecified atom stereocenters. The zero-order chi connectivity index (χ0) is 19.8. The Morgan fingerprint density at radius 2 is 2.00 bits per heavy atom. The van der Waals surface area contributed by atoms with Gasteiger partial charge in [-0.1, -0.05) is 48.0 Å². The van der Waals surface area contributed by atoms with Gasteiger partial charge >= 0.3 is 0 Å². The number of benzene rings is 2. The van der Waals surface area contributed by atoms with Crippen LogP contribution in [0.1, 0.15) is 27.2 Å². The van der Waals surface area contributed by atoms with E-state index in [9.17, 15) is 4.79 Å². The first-order valence-electron chi connectivity index (χ1n) is 8.96. The van der Waals surface area contributed by atoms with Gasteiger partial charge in [-0.05, 0) is 28.9 Å². The molecule has 146 valence electrons. The van der Waals surface area contributed by atoms with Crippen LogP contribution >= 0.6 is 0 Å². The number of amides is 1. The molecular formula is C20H23N5O3. The van der Waals surface area contributed by atoms with Crippen molar-refractivity contribution >= 4 is 11.7 Å². The molecule has 28 heavy (non-hydrogen) atoms. The molecular weight excluding hydrogens is 358 g/mol. The van der Waals surface area contributed by atoms with E-state index >= 15 is 0 Å². The van der Waals surface area contributed by atoms with Crippen LogP contribution in [-0.2, 0) is 13.2 Å². The molecule has 2 aromatic carbocycles. The Bertz CT molecular complexity index is 925. The number of hydrogen-bond donors (Lipinski definition) is 3. The van der Waals surface area contributed by atoms with Crippen LogP contribution in [0.5, 0.6) is 5.75 Å². The second-order valence-electron chi connectivity index (χ2n) is 6.32. The molecule has 0 atom stereocenters. The molecule has 0 aliphatic carbocycles. The number of nitrogens with zero attached hydrogens (tertiary/aromatic N) is 2. The number of anilines is 1. The Balaban J connectivity index is 1.44. The van der Waals surface area contributed by atoms with E-state index in [4.69, 9.17) is 10.5 Å². The van der Waals surface area contributed by atoms with Crippen LogP contribution in [0.3, 0.4) is 0 Å². The van der Waals surface area contributed by atoms with Gasteiger partial charge in [0.2, 0.25) is 11.5 Å².